The average molecular weight is 667 g/mol. The summed E-state index contributed by atoms with van der Waals surface area (Å²) in [5.74, 6) is 1.06. The van der Waals surface area contributed by atoms with E-state index >= 15 is 0 Å². The lowest BCUT2D eigenvalue weighted by atomic mass is 9.43. The highest BCUT2D eigenvalue weighted by molar-refractivity contribution is 5.85. The molecule has 12 nitrogen and oxygen atoms in total. The Kier molecular flexibility index (Phi) is 9.14. The second kappa shape index (κ2) is 12.5. The van der Waals surface area contributed by atoms with Gasteiger partial charge < -0.3 is 54.3 Å². The maximum absolute atomic E-state index is 12.5. The summed E-state index contributed by atoms with van der Waals surface area (Å²) in [4.78, 5) is 11.9. The number of aliphatic hydroxyl groups excluding tert-OH is 5. The number of carbonyl (C=O) groups is 1. The van der Waals surface area contributed by atoms with Crippen molar-refractivity contribution in [2.24, 2.45) is 34.5 Å². The molecule has 2 saturated heterocycles. The predicted octanol–water partition coefficient (Wildman–Crippen LogP) is 1.31. The van der Waals surface area contributed by atoms with Crippen molar-refractivity contribution in [3.63, 3.8) is 0 Å². The number of esters is 1. The number of aliphatic hydroxyl groups is 6. The van der Waals surface area contributed by atoms with Crippen molar-refractivity contribution >= 4 is 5.97 Å². The molecule has 266 valence electrons. The van der Waals surface area contributed by atoms with Gasteiger partial charge in [-0.25, -0.2) is 4.79 Å². The molecule has 0 aromatic heterocycles. The van der Waals surface area contributed by atoms with Gasteiger partial charge >= 0.3 is 5.97 Å². The molecule has 0 aromatic rings. The van der Waals surface area contributed by atoms with Crippen LogP contribution in [0.15, 0.2) is 11.6 Å². The van der Waals surface area contributed by atoms with Gasteiger partial charge in [0.2, 0.25) is 0 Å². The minimum absolute atomic E-state index is 0.0171. The molecule has 0 aromatic carbocycles. The fourth-order valence-corrected chi connectivity index (χ4v) is 11.3. The van der Waals surface area contributed by atoms with Gasteiger partial charge in [-0.1, -0.05) is 13.8 Å². The lowest BCUT2D eigenvalue weighted by molar-refractivity contribution is -0.344. The maximum atomic E-state index is 12.5. The molecule has 0 spiro atoms. The van der Waals surface area contributed by atoms with Crippen LogP contribution < -0.4 is 0 Å². The number of hydrogen-bond donors (Lipinski definition) is 6. The first-order valence-corrected chi connectivity index (χ1v) is 17.8. The summed E-state index contributed by atoms with van der Waals surface area (Å²) in [5.41, 5.74) is 0.164. The van der Waals surface area contributed by atoms with E-state index in [-0.39, 0.29) is 41.2 Å². The minimum atomic E-state index is -1.57. The molecule has 0 radical (unpaired) electrons. The molecule has 47 heavy (non-hydrogen) atoms. The molecule has 3 heterocycles. The summed E-state index contributed by atoms with van der Waals surface area (Å²) in [6.07, 6.45) is 0.0861. The molecule has 0 amide bonds. The van der Waals surface area contributed by atoms with Crippen LogP contribution in [0.3, 0.4) is 0 Å². The van der Waals surface area contributed by atoms with Crippen LogP contribution >= 0.6 is 0 Å². The minimum Gasteiger partial charge on any atom is -0.458 e. The number of ether oxygens (including phenoxy) is 5. The van der Waals surface area contributed by atoms with E-state index in [0.717, 1.165) is 63.4 Å². The molecule has 4 saturated carbocycles. The largest absolute Gasteiger partial charge is 0.458 e. The quantitative estimate of drug-likeness (QED) is 0.177. The third-order valence-corrected chi connectivity index (χ3v) is 14.1. The van der Waals surface area contributed by atoms with Gasteiger partial charge in [-0.05, 0) is 99.4 Å². The summed E-state index contributed by atoms with van der Waals surface area (Å²) in [7, 11) is 0. The van der Waals surface area contributed by atoms with Crippen LogP contribution in [-0.4, -0.2) is 117 Å². The first kappa shape index (κ1) is 34.3. The molecular formula is C35H54O12. The topological polar surface area (TPSA) is 185 Å². The molecule has 17 atom stereocenters. The van der Waals surface area contributed by atoms with Crippen LogP contribution in [0.4, 0.5) is 0 Å². The number of carbonyl (C=O) groups excluding carboxylic acids is 1. The van der Waals surface area contributed by atoms with E-state index in [1.165, 1.54) is 0 Å². The normalized spacial score (nSPS) is 54.7. The summed E-state index contributed by atoms with van der Waals surface area (Å²) >= 11 is 0. The average Bonchev–Trinajstić information content (AvgIpc) is 3.58. The zero-order chi connectivity index (χ0) is 33.5. The van der Waals surface area contributed by atoms with Crippen molar-refractivity contribution in [3.8, 4) is 0 Å². The Morgan fingerprint density at radius 1 is 0.894 bits per heavy atom. The van der Waals surface area contributed by atoms with E-state index in [2.05, 4.69) is 13.8 Å². The van der Waals surface area contributed by atoms with E-state index in [0.29, 0.717) is 18.4 Å². The highest BCUT2D eigenvalue weighted by Gasteiger charge is 2.67. The Balaban J connectivity index is 0.958. The molecule has 6 fully saturated rings. The predicted molar refractivity (Wildman–Crippen MR) is 164 cm³/mol. The Labute approximate surface area is 276 Å². The Morgan fingerprint density at radius 2 is 1.68 bits per heavy atom. The molecule has 0 unspecified atom stereocenters. The zero-order valence-corrected chi connectivity index (χ0v) is 27.8. The van der Waals surface area contributed by atoms with Crippen molar-refractivity contribution in [3.05, 3.63) is 11.6 Å². The molecule has 12 heteroatoms. The van der Waals surface area contributed by atoms with Gasteiger partial charge in [0.15, 0.2) is 12.6 Å². The van der Waals surface area contributed by atoms with E-state index in [4.69, 9.17) is 23.7 Å². The standard InChI is InChI=1S/C35H54O12/c1-17-31(47-32-30(41)29(40)28(39)25(15-36)46-32)24(37)14-27(44-17)45-20-6-9-33(2)19(13-20)4-5-23-22(33)7-10-34(3)21(8-11-35(23,34)42)18-12-26(38)43-16-18/h12,17,19-25,27-32,36-37,39-42H,4-11,13-16H2,1-3H3/t17-,19-,20-,21-,22-,23+,24+,25-,27+,28-,29+,30-,31+,32+,33-,34+,35-/m0/s1. The van der Waals surface area contributed by atoms with Gasteiger partial charge in [-0.15, -0.1) is 0 Å². The molecule has 7 rings (SSSR count). The maximum Gasteiger partial charge on any atom is 0.331 e. The van der Waals surface area contributed by atoms with E-state index < -0.39 is 67.5 Å². The van der Waals surface area contributed by atoms with Gasteiger partial charge in [0, 0.05) is 17.9 Å². The Morgan fingerprint density at radius 3 is 2.38 bits per heavy atom. The third kappa shape index (κ3) is 5.53. The van der Waals surface area contributed by atoms with Crippen molar-refractivity contribution in [1.82, 2.24) is 0 Å². The third-order valence-electron chi connectivity index (χ3n) is 14.1. The number of fused-ring (bicyclic) bond motifs is 5. The van der Waals surface area contributed by atoms with Crippen molar-refractivity contribution in [2.75, 3.05) is 13.2 Å². The SMILES string of the molecule is C[C@@H]1O[C@H](O[C@H]2CC[C@@]3(C)[C@@H](CC[C@@H]4[C@@H]3CC[C@]3(C)[C@H](C5=CC(=O)OC5)CC[C@]43O)C2)C[C@@H](O)[C@@H]1O[C@H]1O[C@@H](CO)[C@H](O)[C@@H](O)[C@@H]1O. The highest BCUT2D eigenvalue weighted by atomic mass is 16.7. The van der Waals surface area contributed by atoms with E-state index in [9.17, 15) is 35.4 Å². The van der Waals surface area contributed by atoms with Gasteiger partial charge in [0.25, 0.3) is 0 Å². The zero-order valence-electron chi connectivity index (χ0n) is 27.8. The van der Waals surface area contributed by atoms with Gasteiger partial charge in [0.1, 0.15) is 37.1 Å². The van der Waals surface area contributed by atoms with Crippen LogP contribution in [0.5, 0.6) is 0 Å². The number of cyclic esters (lactones) is 1. The van der Waals surface area contributed by atoms with Crippen LogP contribution in [0.1, 0.15) is 85.0 Å². The molecule has 7 aliphatic rings. The summed E-state index contributed by atoms with van der Waals surface area (Å²) in [6, 6.07) is 0. The van der Waals surface area contributed by atoms with Crippen molar-refractivity contribution in [2.45, 2.75) is 152 Å². The second-order valence-electron chi connectivity index (χ2n) is 16.2. The van der Waals surface area contributed by atoms with Crippen LogP contribution in [0, 0.1) is 34.5 Å². The lowest BCUT2D eigenvalue weighted by Gasteiger charge is -2.64. The Bertz CT molecular complexity index is 1200. The van der Waals surface area contributed by atoms with Gasteiger partial charge in [-0.2, -0.15) is 0 Å². The summed E-state index contributed by atoms with van der Waals surface area (Å²) < 4.78 is 29.2. The highest BCUT2D eigenvalue weighted by Crippen LogP contribution is 2.70. The van der Waals surface area contributed by atoms with Crippen LogP contribution in [0.2, 0.25) is 0 Å². The molecular weight excluding hydrogens is 612 g/mol. The summed E-state index contributed by atoms with van der Waals surface area (Å²) in [5, 5.41) is 63.6. The smallest absolute Gasteiger partial charge is 0.331 e. The lowest BCUT2D eigenvalue weighted by Crippen LogP contribution is -2.62. The Hall–Kier alpha value is -1.19. The molecule has 4 aliphatic carbocycles. The second-order valence-corrected chi connectivity index (χ2v) is 16.2. The van der Waals surface area contributed by atoms with Crippen LogP contribution in [-0.2, 0) is 28.5 Å². The van der Waals surface area contributed by atoms with Gasteiger partial charge in [0.05, 0.1) is 30.5 Å². The molecule has 6 N–H and O–H groups in total. The first-order chi connectivity index (χ1) is 22.3. The van der Waals surface area contributed by atoms with Crippen molar-refractivity contribution in [1.29, 1.82) is 0 Å². The monoisotopic (exact) mass is 666 g/mol. The number of rotatable bonds is 6. The fourth-order valence-electron chi connectivity index (χ4n) is 11.3. The fraction of sp³-hybridized carbons (Fsp3) is 0.914. The number of hydrogen-bond acceptors (Lipinski definition) is 12. The van der Waals surface area contributed by atoms with Gasteiger partial charge in [-0.3, -0.25) is 0 Å². The van der Waals surface area contributed by atoms with Crippen molar-refractivity contribution < 1.29 is 59.1 Å². The summed E-state index contributed by atoms with van der Waals surface area (Å²) in [6.45, 7) is 6.22. The first-order valence-electron chi connectivity index (χ1n) is 17.8. The van der Waals surface area contributed by atoms with Crippen LogP contribution in [0.25, 0.3) is 0 Å². The van der Waals surface area contributed by atoms with E-state index in [1.807, 2.05) is 0 Å². The molecule has 0 bridgehead atoms. The van der Waals surface area contributed by atoms with E-state index in [1.54, 1.807) is 13.0 Å². The molecule has 3 aliphatic heterocycles.